The fourth-order valence-electron chi connectivity index (χ4n) is 2.42. The lowest BCUT2D eigenvalue weighted by Crippen LogP contribution is -2.08. The van der Waals surface area contributed by atoms with Crippen LogP contribution >= 0.6 is 0 Å². The molecule has 0 amide bonds. The number of rotatable bonds is 5. The van der Waals surface area contributed by atoms with E-state index in [1.54, 1.807) is 32.4 Å². The Balaban J connectivity index is 2.36. The smallest absolute Gasteiger partial charge is 0.171 e. The largest absolute Gasteiger partial charge is 0.497 e. The van der Waals surface area contributed by atoms with Crippen molar-refractivity contribution in [3.05, 3.63) is 58.7 Å². The van der Waals surface area contributed by atoms with E-state index in [1.165, 1.54) is 0 Å². The van der Waals surface area contributed by atoms with Gasteiger partial charge in [0, 0.05) is 6.42 Å². The van der Waals surface area contributed by atoms with Gasteiger partial charge in [0.25, 0.3) is 0 Å². The molecule has 0 aliphatic carbocycles. The average Bonchev–Trinajstić information content (AvgIpc) is 2.50. The second-order valence-electron chi connectivity index (χ2n) is 5.04. The average molecular weight is 284 g/mol. The summed E-state index contributed by atoms with van der Waals surface area (Å²) in [6.07, 6.45) is 0.363. The third-order valence-electron chi connectivity index (χ3n) is 3.69. The molecule has 0 aliphatic heterocycles. The molecule has 0 spiro atoms. The van der Waals surface area contributed by atoms with Crippen molar-refractivity contribution in [1.29, 1.82) is 0 Å². The standard InChI is InChI=1S/C18H20O3/c1-12-6-5-7-13(2)15(12)11-17(19)16-10-14(20-3)8-9-18(16)21-4/h5-10H,11H2,1-4H3. The number of carbonyl (C=O) groups is 1. The van der Waals surface area contributed by atoms with Crippen LogP contribution in [0.2, 0.25) is 0 Å². The molecule has 0 saturated heterocycles. The number of carbonyl (C=O) groups excluding carboxylic acids is 1. The first-order chi connectivity index (χ1) is 10.1. The Morgan fingerprint density at radius 2 is 1.67 bits per heavy atom. The summed E-state index contributed by atoms with van der Waals surface area (Å²) >= 11 is 0. The molecule has 0 heterocycles. The highest BCUT2D eigenvalue weighted by molar-refractivity contribution is 6.00. The highest BCUT2D eigenvalue weighted by atomic mass is 16.5. The zero-order valence-electron chi connectivity index (χ0n) is 12.9. The van der Waals surface area contributed by atoms with Gasteiger partial charge >= 0.3 is 0 Å². The maximum absolute atomic E-state index is 12.6. The molecule has 0 bridgehead atoms. The zero-order valence-corrected chi connectivity index (χ0v) is 12.9. The van der Waals surface area contributed by atoms with Crippen LogP contribution in [0.25, 0.3) is 0 Å². The predicted octanol–water partition coefficient (Wildman–Crippen LogP) is 3.75. The van der Waals surface area contributed by atoms with Gasteiger partial charge in [0.1, 0.15) is 11.5 Å². The molecule has 110 valence electrons. The van der Waals surface area contributed by atoms with Crippen molar-refractivity contribution in [1.82, 2.24) is 0 Å². The van der Waals surface area contributed by atoms with Gasteiger partial charge in [0.2, 0.25) is 0 Å². The van der Waals surface area contributed by atoms with E-state index in [-0.39, 0.29) is 5.78 Å². The highest BCUT2D eigenvalue weighted by Gasteiger charge is 2.16. The van der Waals surface area contributed by atoms with Crippen LogP contribution in [0.3, 0.4) is 0 Å². The Hall–Kier alpha value is -2.29. The molecule has 2 aromatic carbocycles. The second-order valence-corrected chi connectivity index (χ2v) is 5.04. The quantitative estimate of drug-likeness (QED) is 0.784. The Morgan fingerprint density at radius 1 is 1.00 bits per heavy atom. The van der Waals surface area contributed by atoms with Crippen molar-refractivity contribution in [2.45, 2.75) is 20.3 Å². The third-order valence-corrected chi connectivity index (χ3v) is 3.69. The van der Waals surface area contributed by atoms with E-state index in [9.17, 15) is 4.79 Å². The topological polar surface area (TPSA) is 35.5 Å². The normalized spacial score (nSPS) is 10.3. The number of aryl methyl sites for hydroxylation is 2. The second kappa shape index (κ2) is 6.44. The SMILES string of the molecule is COc1ccc(OC)c(C(=O)Cc2c(C)cccc2C)c1. The molecule has 0 N–H and O–H groups in total. The maximum atomic E-state index is 12.6. The van der Waals surface area contributed by atoms with Gasteiger partial charge in [-0.3, -0.25) is 4.79 Å². The van der Waals surface area contributed by atoms with Crippen molar-refractivity contribution in [3.8, 4) is 11.5 Å². The van der Waals surface area contributed by atoms with Crippen LogP contribution in [0, 0.1) is 13.8 Å². The Kier molecular flexibility index (Phi) is 4.63. The van der Waals surface area contributed by atoms with Crippen LogP contribution < -0.4 is 9.47 Å². The van der Waals surface area contributed by atoms with Gasteiger partial charge in [-0.05, 0) is 48.7 Å². The first-order valence-corrected chi connectivity index (χ1v) is 6.87. The van der Waals surface area contributed by atoms with Gasteiger partial charge in [-0.15, -0.1) is 0 Å². The molecule has 0 aromatic heterocycles. The number of Topliss-reactive ketones (excluding diaryl/α,β-unsaturated/α-hetero) is 1. The maximum Gasteiger partial charge on any atom is 0.171 e. The fourth-order valence-corrected chi connectivity index (χ4v) is 2.42. The van der Waals surface area contributed by atoms with Crippen LogP contribution in [-0.4, -0.2) is 20.0 Å². The summed E-state index contributed by atoms with van der Waals surface area (Å²) in [5, 5.41) is 0. The summed E-state index contributed by atoms with van der Waals surface area (Å²) in [6.45, 7) is 4.05. The van der Waals surface area contributed by atoms with Gasteiger partial charge < -0.3 is 9.47 Å². The van der Waals surface area contributed by atoms with Gasteiger partial charge in [-0.2, -0.15) is 0 Å². The molecule has 0 saturated carbocycles. The van der Waals surface area contributed by atoms with Crippen LogP contribution in [0.5, 0.6) is 11.5 Å². The minimum Gasteiger partial charge on any atom is -0.497 e. The summed E-state index contributed by atoms with van der Waals surface area (Å²) in [5.41, 5.74) is 3.89. The number of ether oxygens (including phenoxy) is 2. The number of benzene rings is 2. The van der Waals surface area contributed by atoms with Crippen molar-refractivity contribution in [2.75, 3.05) is 14.2 Å². The number of hydrogen-bond donors (Lipinski definition) is 0. The minimum atomic E-state index is 0.0307. The van der Waals surface area contributed by atoms with Crippen molar-refractivity contribution in [3.63, 3.8) is 0 Å². The van der Waals surface area contributed by atoms with E-state index in [0.29, 0.717) is 23.5 Å². The summed E-state index contributed by atoms with van der Waals surface area (Å²) in [4.78, 5) is 12.6. The van der Waals surface area contributed by atoms with E-state index in [1.807, 2.05) is 32.0 Å². The van der Waals surface area contributed by atoms with Crippen molar-refractivity contribution in [2.24, 2.45) is 0 Å². The van der Waals surface area contributed by atoms with Crippen molar-refractivity contribution < 1.29 is 14.3 Å². The minimum absolute atomic E-state index is 0.0307. The van der Waals surface area contributed by atoms with Crippen LogP contribution in [0.15, 0.2) is 36.4 Å². The van der Waals surface area contributed by atoms with Crippen molar-refractivity contribution >= 4 is 5.78 Å². The molecule has 0 radical (unpaired) electrons. The van der Waals surface area contributed by atoms with Crippen LogP contribution in [0.4, 0.5) is 0 Å². The van der Waals surface area contributed by atoms with E-state index in [0.717, 1.165) is 16.7 Å². The Bertz CT molecular complexity index is 639. The fraction of sp³-hybridized carbons (Fsp3) is 0.278. The zero-order chi connectivity index (χ0) is 15.4. The molecule has 0 unspecified atom stereocenters. The van der Waals surface area contributed by atoms with Gasteiger partial charge in [-0.1, -0.05) is 18.2 Å². The number of methoxy groups -OCH3 is 2. The number of ketones is 1. The summed E-state index contributed by atoms with van der Waals surface area (Å²) in [5.74, 6) is 1.26. The van der Waals surface area contributed by atoms with Crippen LogP contribution in [0.1, 0.15) is 27.0 Å². The molecule has 2 rings (SSSR count). The van der Waals surface area contributed by atoms with E-state index < -0.39 is 0 Å². The lowest BCUT2D eigenvalue weighted by atomic mass is 9.95. The van der Waals surface area contributed by atoms with Gasteiger partial charge in [-0.25, -0.2) is 0 Å². The third kappa shape index (κ3) is 3.24. The molecule has 21 heavy (non-hydrogen) atoms. The summed E-state index contributed by atoms with van der Waals surface area (Å²) < 4.78 is 10.5. The first kappa shape index (κ1) is 15.1. The summed E-state index contributed by atoms with van der Waals surface area (Å²) in [7, 11) is 3.15. The van der Waals surface area contributed by atoms with Crippen LogP contribution in [-0.2, 0) is 6.42 Å². The first-order valence-electron chi connectivity index (χ1n) is 6.87. The number of hydrogen-bond acceptors (Lipinski definition) is 3. The van der Waals surface area contributed by atoms with Gasteiger partial charge in [0.15, 0.2) is 5.78 Å². The molecular formula is C18H20O3. The van der Waals surface area contributed by atoms with Gasteiger partial charge in [0.05, 0.1) is 19.8 Å². The molecule has 0 fully saturated rings. The summed E-state index contributed by atoms with van der Waals surface area (Å²) in [6, 6.07) is 11.3. The van der Waals surface area contributed by atoms with E-state index >= 15 is 0 Å². The van der Waals surface area contributed by atoms with E-state index in [4.69, 9.17) is 9.47 Å². The molecule has 2 aromatic rings. The Morgan fingerprint density at radius 3 is 2.24 bits per heavy atom. The molecule has 0 atom stereocenters. The lowest BCUT2D eigenvalue weighted by Gasteiger charge is -2.12. The predicted molar refractivity (Wildman–Crippen MR) is 83.5 cm³/mol. The monoisotopic (exact) mass is 284 g/mol. The molecule has 3 nitrogen and oxygen atoms in total. The molecule has 0 aliphatic rings. The van der Waals surface area contributed by atoms with E-state index in [2.05, 4.69) is 0 Å². The lowest BCUT2D eigenvalue weighted by molar-refractivity contribution is 0.0989. The Labute approximate surface area is 125 Å². The highest BCUT2D eigenvalue weighted by Crippen LogP contribution is 2.26. The molecular weight excluding hydrogens is 264 g/mol. The molecule has 3 heteroatoms.